The molecule has 3 N–H and O–H groups in total. The van der Waals surface area contributed by atoms with Crippen molar-refractivity contribution < 1.29 is 9.84 Å². The monoisotopic (exact) mass is 279 g/mol. The lowest BCUT2D eigenvalue weighted by molar-refractivity contribution is 0.264. The van der Waals surface area contributed by atoms with E-state index in [0.29, 0.717) is 16.3 Å². The van der Waals surface area contributed by atoms with Crippen molar-refractivity contribution in [2.45, 2.75) is 6.04 Å². The molecule has 0 saturated heterocycles. The topological polar surface area (TPSA) is 55.5 Å². The zero-order chi connectivity index (χ0) is 10.7. The van der Waals surface area contributed by atoms with Crippen molar-refractivity contribution in [3.05, 3.63) is 27.2 Å². The van der Waals surface area contributed by atoms with E-state index in [1.165, 1.54) is 0 Å². The molecule has 0 aliphatic heterocycles. The molecule has 0 aliphatic rings. The summed E-state index contributed by atoms with van der Waals surface area (Å²) in [6.45, 7) is -0.150. The van der Waals surface area contributed by atoms with E-state index in [1.54, 1.807) is 19.2 Å². The van der Waals surface area contributed by atoms with Crippen molar-refractivity contribution in [3.63, 3.8) is 0 Å². The maximum Gasteiger partial charge on any atom is 0.137 e. The van der Waals surface area contributed by atoms with E-state index in [0.717, 1.165) is 4.47 Å². The van der Waals surface area contributed by atoms with Gasteiger partial charge in [0.1, 0.15) is 5.75 Å². The molecular weight excluding hydrogens is 269 g/mol. The van der Waals surface area contributed by atoms with Gasteiger partial charge in [0.05, 0.1) is 24.2 Å². The Morgan fingerprint density at radius 2 is 2.29 bits per heavy atom. The van der Waals surface area contributed by atoms with Crippen molar-refractivity contribution in [1.82, 2.24) is 0 Å². The van der Waals surface area contributed by atoms with Gasteiger partial charge in [-0.3, -0.25) is 0 Å². The minimum atomic E-state index is -0.486. The van der Waals surface area contributed by atoms with Gasteiger partial charge in [0.15, 0.2) is 0 Å². The Kier molecular flexibility index (Phi) is 4.19. The zero-order valence-corrected chi connectivity index (χ0v) is 9.97. The van der Waals surface area contributed by atoms with Crippen LogP contribution in [-0.4, -0.2) is 18.8 Å². The number of rotatable bonds is 3. The van der Waals surface area contributed by atoms with Crippen LogP contribution < -0.4 is 10.5 Å². The molecule has 1 rings (SSSR count). The van der Waals surface area contributed by atoms with Crippen molar-refractivity contribution >= 4 is 27.5 Å². The summed E-state index contributed by atoms with van der Waals surface area (Å²) in [4.78, 5) is 0. The molecule has 0 bridgehead atoms. The summed E-state index contributed by atoms with van der Waals surface area (Å²) >= 11 is 9.17. The van der Waals surface area contributed by atoms with Gasteiger partial charge >= 0.3 is 0 Å². The molecule has 0 aromatic heterocycles. The van der Waals surface area contributed by atoms with E-state index >= 15 is 0 Å². The standard InChI is InChI=1S/C9H11BrClNO2/c1-14-9-6(8(12)4-13)2-5(11)3-7(9)10/h2-3,8,13H,4,12H2,1H3/t8-/m1/s1. The van der Waals surface area contributed by atoms with E-state index in [1.807, 2.05) is 0 Å². The third-order valence-electron chi connectivity index (χ3n) is 1.84. The first kappa shape index (κ1) is 11.8. The molecule has 5 heteroatoms. The Balaban J connectivity index is 3.24. The van der Waals surface area contributed by atoms with E-state index in [-0.39, 0.29) is 6.61 Å². The predicted octanol–water partition coefficient (Wildman–Crippen LogP) is 2.10. The number of halogens is 2. The number of ether oxygens (including phenoxy) is 1. The summed E-state index contributed by atoms with van der Waals surface area (Å²) in [5, 5.41) is 9.50. The number of nitrogens with two attached hydrogens (primary N) is 1. The SMILES string of the molecule is COc1c(Br)cc(Cl)cc1[C@H](N)CO. The smallest absolute Gasteiger partial charge is 0.137 e. The van der Waals surface area contributed by atoms with Gasteiger partial charge in [-0.15, -0.1) is 0 Å². The Morgan fingerprint density at radius 3 is 2.79 bits per heavy atom. The van der Waals surface area contributed by atoms with Crippen molar-refractivity contribution in [2.75, 3.05) is 13.7 Å². The molecule has 0 unspecified atom stereocenters. The van der Waals surface area contributed by atoms with Crippen LogP contribution in [0, 0.1) is 0 Å². The first-order chi connectivity index (χ1) is 6.60. The van der Waals surface area contributed by atoms with Gasteiger partial charge in [0.2, 0.25) is 0 Å². The number of aliphatic hydroxyl groups is 1. The summed E-state index contributed by atoms with van der Waals surface area (Å²) < 4.78 is 5.89. The van der Waals surface area contributed by atoms with Crippen LogP contribution in [0.25, 0.3) is 0 Å². The predicted molar refractivity (Wildman–Crippen MR) is 59.7 cm³/mol. The minimum absolute atomic E-state index is 0.150. The summed E-state index contributed by atoms with van der Waals surface area (Å²) in [7, 11) is 1.54. The summed E-state index contributed by atoms with van der Waals surface area (Å²) in [5.41, 5.74) is 6.39. The first-order valence-electron chi connectivity index (χ1n) is 3.99. The van der Waals surface area contributed by atoms with E-state index in [4.69, 9.17) is 27.2 Å². The van der Waals surface area contributed by atoms with Gasteiger partial charge < -0.3 is 15.6 Å². The number of hydrogen-bond acceptors (Lipinski definition) is 3. The lowest BCUT2D eigenvalue weighted by atomic mass is 10.1. The molecular formula is C9H11BrClNO2. The van der Waals surface area contributed by atoms with Crippen molar-refractivity contribution in [1.29, 1.82) is 0 Å². The fraction of sp³-hybridized carbons (Fsp3) is 0.333. The van der Waals surface area contributed by atoms with Crippen LogP contribution in [0.2, 0.25) is 5.02 Å². The third kappa shape index (κ3) is 2.39. The fourth-order valence-electron chi connectivity index (χ4n) is 1.17. The molecule has 0 spiro atoms. The highest BCUT2D eigenvalue weighted by Crippen LogP contribution is 2.35. The number of hydrogen-bond donors (Lipinski definition) is 2. The molecule has 0 radical (unpaired) electrons. The van der Waals surface area contributed by atoms with Crippen LogP contribution in [0.1, 0.15) is 11.6 Å². The van der Waals surface area contributed by atoms with Crippen LogP contribution in [-0.2, 0) is 0 Å². The summed E-state index contributed by atoms with van der Waals surface area (Å²) in [6.07, 6.45) is 0. The van der Waals surface area contributed by atoms with Gasteiger partial charge in [-0.1, -0.05) is 11.6 Å². The highest BCUT2D eigenvalue weighted by atomic mass is 79.9. The van der Waals surface area contributed by atoms with Crippen molar-refractivity contribution in [2.24, 2.45) is 5.73 Å². The van der Waals surface area contributed by atoms with E-state index < -0.39 is 6.04 Å². The lowest BCUT2D eigenvalue weighted by Crippen LogP contribution is -2.15. The van der Waals surface area contributed by atoms with Crippen LogP contribution in [0.5, 0.6) is 5.75 Å². The van der Waals surface area contributed by atoms with Crippen LogP contribution in [0.3, 0.4) is 0 Å². The second-order valence-corrected chi connectivity index (χ2v) is 4.09. The van der Waals surface area contributed by atoms with Gasteiger partial charge in [0.25, 0.3) is 0 Å². The maximum absolute atomic E-state index is 8.95. The molecule has 1 aromatic rings. The number of benzene rings is 1. The summed E-state index contributed by atoms with van der Waals surface area (Å²) in [5.74, 6) is 0.607. The van der Waals surface area contributed by atoms with Crippen molar-refractivity contribution in [3.8, 4) is 5.75 Å². The Bertz CT molecular complexity index is 333. The second kappa shape index (κ2) is 4.98. The molecule has 1 atom stereocenters. The summed E-state index contributed by atoms with van der Waals surface area (Å²) in [6, 6.07) is 2.92. The molecule has 78 valence electrons. The zero-order valence-electron chi connectivity index (χ0n) is 7.63. The van der Waals surface area contributed by atoms with E-state index in [2.05, 4.69) is 15.9 Å². The maximum atomic E-state index is 8.95. The molecule has 0 saturated carbocycles. The van der Waals surface area contributed by atoms with Gasteiger partial charge in [-0.05, 0) is 28.1 Å². The highest BCUT2D eigenvalue weighted by molar-refractivity contribution is 9.10. The lowest BCUT2D eigenvalue weighted by Gasteiger charge is -2.15. The normalized spacial score (nSPS) is 12.6. The molecule has 1 aromatic carbocycles. The van der Waals surface area contributed by atoms with Crippen LogP contribution in [0.15, 0.2) is 16.6 Å². The van der Waals surface area contributed by atoms with Crippen LogP contribution >= 0.6 is 27.5 Å². The average molecular weight is 281 g/mol. The Morgan fingerprint density at radius 1 is 1.64 bits per heavy atom. The highest BCUT2D eigenvalue weighted by Gasteiger charge is 2.14. The fourth-order valence-corrected chi connectivity index (χ4v) is 2.17. The Hall–Kier alpha value is -0.290. The molecule has 0 heterocycles. The molecule has 3 nitrogen and oxygen atoms in total. The number of methoxy groups -OCH3 is 1. The molecule has 0 amide bonds. The van der Waals surface area contributed by atoms with Gasteiger partial charge in [-0.25, -0.2) is 0 Å². The van der Waals surface area contributed by atoms with Gasteiger partial charge in [-0.2, -0.15) is 0 Å². The molecule has 0 fully saturated rings. The van der Waals surface area contributed by atoms with Gasteiger partial charge in [0, 0.05) is 10.6 Å². The largest absolute Gasteiger partial charge is 0.495 e. The first-order valence-corrected chi connectivity index (χ1v) is 5.16. The molecule has 0 aliphatic carbocycles. The third-order valence-corrected chi connectivity index (χ3v) is 2.64. The minimum Gasteiger partial charge on any atom is -0.495 e. The Labute approximate surface area is 95.9 Å². The van der Waals surface area contributed by atoms with Crippen LogP contribution in [0.4, 0.5) is 0 Å². The second-order valence-electron chi connectivity index (χ2n) is 2.80. The quantitative estimate of drug-likeness (QED) is 0.891. The average Bonchev–Trinajstić information content (AvgIpc) is 2.15. The molecule has 14 heavy (non-hydrogen) atoms. The van der Waals surface area contributed by atoms with E-state index in [9.17, 15) is 0 Å². The number of aliphatic hydroxyl groups excluding tert-OH is 1.